The highest BCUT2D eigenvalue weighted by Crippen LogP contribution is 2.09. The van der Waals surface area contributed by atoms with Crippen LogP contribution in [-0.2, 0) is 19.5 Å². The standard InChI is InChI=1S/C10H21NO4S/c11-16(12,13)8-4-2-1-3-6-15-10-5-7-14-9-10/h10H,1-9H2,(H2,11,12,13). The molecule has 1 heterocycles. The van der Waals surface area contributed by atoms with Gasteiger partial charge in [0, 0.05) is 13.2 Å². The summed E-state index contributed by atoms with van der Waals surface area (Å²) in [5.74, 6) is 0.0876. The van der Waals surface area contributed by atoms with E-state index in [0.29, 0.717) is 13.0 Å². The fourth-order valence-corrected chi connectivity index (χ4v) is 2.26. The first-order valence-electron chi connectivity index (χ1n) is 5.78. The quantitative estimate of drug-likeness (QED) is 0.642. The van der Waals surface area contributed by atoms with Crippen LogP contribution in [0.1, 0.15) is 32.1 Å². The molecule has 16 heavy (non-hydrogen) atoms. The Hall–Kier alpha value is -0.170. The van der Waals surface area contributed by atoms with Gasteiger partial charge in [0.25, 0.3) is 0 Å². The molecule has 0 amide bonds. The smallest absolute Gasteiger partial charge is 0.209 e. The molecule has 1 rings (SSSR count). The van der Waals surface area contributed by atoms with Crippen molar-refractivity contribution in [2.45, 2.75) is 38.2 Å². The number of primary sulfonamides is 1. The van der Waals surface area contributed by atoms with Crippen molar-refractivity contribution < 1.29 is 17.9 Å². The zero-order chi connectivity index (χ0) is 11.9. The van der Waals surface area contributed by atoms with Crippen LogP contribution >= 0.6 is 0 Å². The molecule has 0 aromatic heterocycles. The lowest BCUT2D eigenvalue weighted by Gasteiger charge is -2.09. The Morgan fingerprint density at radius 3 is 2.62 bits per heavy atom. The monoisotopic (exact) mass is 251 g/mol. The normalized spacial score (nSPS) is 21.4. The molecule has 0 aromatic rings. The van der Waals surface area contributed by atoms with Gasteiger partial charge in [-0.3, -0.25) is 0 Å². The van der Waals surface area contributed by atoms with Crippen LogP contribution in [-0.4, -0.2) is 40.1 Å². The Labute approximate surface area is 97.3 Å². The zero-order valence-electron chi connectivity index (χ0n) is 9.56. The molecule has 1 fully saturated rings. The molecule has 5 nitrogen and oxygen atoms in total. The summed E-state index contributed by atoms with van der Waals surface area (Å²) in [4.78, 5) is 0. The van der Waals surface area contributed by atoms with E-state index in [1.54, 1.807) is 0 Å². The van der Waals surface area contributed by atoms with Gasteiger partial charge < -0.3 is 9.47 Å². The third-order valence-electron chi connectivity index (χ3n) is 2.56. The van der Waals surface area contributed by atoms with E-state index < -0.39 is 10.0 Å². The van der Waals surface area contributed by atoms with Crippen molar-refractivity contribution in [3.8, 4) is 0 Å². The maximum atomic E-state index is 10.6. The van der Waals surface area contributed by atoms with E-state index in [1.807, 2.05) is 0 Å². The fraction of sp³-hybridized carbons (Fsp3) is 1.00. The van der Waals surface area contributed by atoms with Crippen LogP contribution < -0.4 is 5.14 Å². The molecule has 1 saturated heterocycles. The summed E-state index contributed by atoms with van der Waals surface area (Å²) in [6.07, 6.45) is 4.76. The first-order chi connectivity index (χ1) is 7.58. The van der Waals surface area contributed by atoms with Crippen molar-refractivity contribution >= 4 is 10.0 Å². The van der Waals surface area contributed by atoms with Gasteiger partial charge >= 0.3 is 0 Å². The van der Waals surface area contributed by atoms with Crippen molar-refractivity contribution in [2.75, 3.05) is 25.6 Å². The van der Waals surface area contributed by atoms with Crippen LogP contribution in [0.3, 0.4) is 0 Å². The van der Waals surface area contributed by atoms with Gasteiger partial charge in [-0.1, -0.05) is 12.8 Å². The number of unbranched alkanes of at least 4 members (excludes halogenated alkanes) is 3. The van der Waals surface area contributed by atoms with Gasteiger partial charge in [0.2, 0.25) is 10.0 Å². The number of hydrogen-bond acceptors (Lipinski definition) is 4. The lowest BCUT2D eigenvalue weighted by Crippen LogP contribution is -2.16. The predicted molar refractivity (Wildman–Crippen MR) is 61.6 cm³/mol. The maximum absolute atomic E-state index is 10.6. The third-order valence-corrected chi connectivity index (χ3v) is 3.42. The summed E-state index contributed by atoms with van der Waals surface area (Å²) in [5, 5.41) is 4.89. The maximum Gasteiger partial charge on any atom is 0.209 e. The highest BCUT2D eigenvalue weighted by molar-refractivity contribution is 7.89. The van der Waals surface area contributed by atoms with Gasteiger partial charge in [-0.15, -0.1) is 0 Å². The van der Waals surface area contributed by atoms with Crippen LogP contribution in [0, 0.1) is 0 Å². The third kappa shape index (κ3) is 7.16. The van der Waals surface area contributed by atoms with Crippen molar-refractivity contribution in [1.82, 2.24) is 0 Å². The minimum atomic E-state index is -3.28. The minimum Gasteiger partial charge on any atom is -0.379 e. The SMILES string of the molecule is NS(=O)(=O)CCCCCCOC1CCOC1. The van der Waals surface area contributed by atoms with Crippen LogP contribution in [0.2, 0.25) is 0 Å². The van der Waals surface area contributed by atoms with E-state index in [2.05, 4.69) is 0 Å². The molecule has 1 aliphatic heterocycles. The molecule has 1 unspecified atom stereocenters. The lowest BCUT2D eigenvalue weighted by atomic mass is 10.2. The average Bonchev–Trinajstić information content (AvgIpc) is 2.67. The van der Waals surface area contributed by atoms with E-state index >= 15 is 0 Å². The predicted octanol–water partition coefficient (Wildman–Crippen LogP) is 0.641. The van der Waals surface area contributed by atoms with Crippen molar-refractivity contribution in [1.29, 1.82) is 0 Å². The van der Waals surface area contributed by atoms with Crippen molar-refractivity contribution in [3.63, 3.8) is 0 Å². The van der Waals surface area contributed by atoms with Crippen LogP contribution in [0.5, 0.6) is 0 Å². The Kier molecular flexibility index (Phi) is 6.26. The molecule has 0 saturated carbocycles. The Bertz CT molecular complexity index is 273. The van der Waals surface area contributed by atoms with E-state index in [1.165, 1.54) is 0 Å². The topological polar surface area (TPSA) is 78.6 Å². The molecule has 0 aliphatic carbocycles. The van der Waals surface area contributed by atoms with E-state index in [9.17, 15) is 8.42 Å². The first kappa shape index (κ1) is 13.9. The molecule has 0 radical (unpaired) electrons. The van der Waals surface area contributed by atoms with Gasteiger partial charge in [0.05, 0.1) is 18.5 Å². The highest BCUT2D eigenvalue weighted by Gasteiger charge is 2.15. The van der Waals surface area contributed by atoms with Gasteiger partial charge in [-0.25, -0.2) is 13.6 Å². The Morgan fingerprint density at radius 1 is 1.25 bits per heavy atom. The highest BCUT2D eigenvalue weighted by atomic mass is 32.2. The van der Waals surface area contributed by atoms with Crippen LogP contribution in [0.4, 0.5) is 0 Å². The molecule has 96 valence electrons. The fourth-order valence-electron chi connectivity index (χ4n) is 1.65. The molecule has 2 N–H and O–H groups in total. The minimum absolute atomic E-state index is 0.0876. The zero-order valence-corrected chi connectivity index (χ0v) is 10.4. The number of nitrogens with two attached hydrogens (primary N) is 1. The summed E-state index contributed by atoms with van der Waals surface area (Å²) < 4.78 is 32.0. The Balaban J connectivity index is 1.84. The first-order valence-corrected chi connectivity index (χ1v) is 7.49. The summed E-state index contributed by atoms with van der Waals surface area (Å²) in [5.41, 5.74) is 0. The summed E-state index contributed by atoms with van der Waals surface area (Å²) in [6, 6.07) is 0. The Morgan fingerprint density at radius 2 is 2.00 bits per heavy atom. The lowest BCUT2D eigenvalue weighted by molar-refractivity contribution is 0.0406. The molecule has 1 atom stereocenters. The summed E-state index contributed by atoms with van der Waals surface area (Å²) >= 11 is 0. The second-order valence-electron chi connectivity index (χ2n) is 4.14. The van der Waals surface area contributed by atoms with E-state index in [-0.39, 0.29) is 11.9 Å². The summed E-state index contributed by atoms with van der Waals surface area (Å²) in [6.45, 7) is 2.26. The van der Waals surface area contributed by atoms with Gasteiger partial charge in [-0.2, -0.15) is 0 Å². The number of rotatable bonds is 8. The molecular formula is C10H21NO4S. The number of sulfonamides is 1. The second kappa shape index (κ2) is 7.21. The van der Waals surface area contributed by atoms with E-state index in [4.69, 9.17) is 14.6 Å². The van der Waals surface area contributed by atoms with E-state index in [0.717, 1.165) is 38.9 Å². The molecule has 0 spiro atoms. The van der Waals surface area contributed by atoms with Crippen LogP contribution in [0.15, 0.2) is 0 Å². The molecule has 6 heteroatoms. The molecule has 1 aliphatic rings. The molecule has 0 bridgehead atoms. The van der Waals surface area contributed by atoms with Gasteiger partial charge in [0.15, 0.2) is 0 Å². The van der Waals surface area contributed by atoms with Gasteiger partial charge in [0.1, 0.15) is 0 Å². The van der Waals surface area contributed by atoms with Crippen molar-refractivity contribution in [3.05, 3.63) is 0 Å². The summed E-state index contributed by atoms with van der Waals surface area (Å²) in [7, 11) is -3.28. The van der Waals surface area contributed by atoms with Crippen molar-refractivity contribution in [2.24, 2.45) is 5.14 Å². The number of ether oxygens (including phenoxy) is 2. The molecular weight excluding hydrogens is 230 g/mol. The largest absolute Gasteiger partial charge is 0.379 e. The number of hydrogen-bond donors (Lipinski definition) is 1. The molecule has 0 aromatic carbocycles. The van der Waals surface area contributed by atoms with Crippen LogP contribution in [0.25, 0.3) is 0 Å². The average molecular weight is 251 g/mol. The van der Waals surface area contributed by atoms with Gasteiger partial charge in [-0.05, 0) is 19.3 Å². The second-order valence-corrected chi connectivity index (χ2v) is 5.87.